The number of anilines is 2. The largest absolute Gasteiger partial charge is 0.391 e. The number of nitrogens with zero attached hydrogens (tertiary/aromatic N) is 5. The molecule has 0 bridgehead atoms. The molecule has 0 spiro atoms. The molecule has 0 amide bonds. The van der Waals surface area contributed by atoms with Gasteiger partial charge in [0.15, 0.2) is 0 Å². The number of aromatic nitrogens is 4. The summed E-state index contributed by atoms with van der Waals surface area (Å²) in [5.74, 6) is 1.81. The SMILES string of the molecule is O=c1ccc(N2CCCCC2CNc2ncnc3c2CCCC3)nn1C1CCCCC1O. The first-order valence-corrected chi connectivity index (χ1v) is 12.3. The number of rotatable bonds is 5. The molecule has 2 N–H and O–H groups in total. The third kappa shape index (κ3) is 4.37. The van der Waals surface area contributed by atoms with Crippen LogP contribution in [0, 0.1) is 0 Å². The Balaban J connectivity index is 1.35. The lowest BCUT2D eigenvalue weighted by atomic mass is 9.93. The minimum atomic E-state index is -0.494. The maximum absolute atomic E-state index is 12.6. The summed E-state index contributed by atoms with van der Waals surface area (Å²) in [5.41, 5.74) is 2.34. The smallest absolute Gasteiger partial charge is 0.267 e. The van der Waals surface area contributed by atoms with Gasteiger partial charge >= 0.3 is 0 Å². The van der Waals surface area contributed by atoms with Gasteiger partial charge in [-0.05, 0) is 63.9 Å². The van der Waals surface area contributed by atoms with E-state index in [0.29, 0.717) is 0 Å². The molecule has 0 radical (unpaired) electrons. The molecule has 8 nitrogen and oxygen atoms in total. The fraction of sp³-hybridized carbons (Fsp3) is 0.667. The Labute approximate surface area is 189 Å². The van der Waals surface area contributed by atoms with Crippen molar-refractivity contribution in [3.05, 3.63) is 40.1 Å². The number of aryl methyl sites for hydroxylation is 1. The van der Waals surface area contributed by atoms with E-state index in [0.717, 1.165) is 76.1 Å². The number of aliphatic hydroxyl groups is 1. The van der Waals surface area contributed by atoms with Gasteiger partial charge in [0.25, 0.3) is 5.56 Å². The molecule has 3 heterocycles. The molecule has 1 aliphatic heterocycles. The first-order chi connectivity index (χ1) is 15.7. The molecule has 0 aromatic carbocycles. The highest BCUT2D eigenvalue weighted by atomic mass is 16.3. The van der Waals surface area contributed by atoms with Crippen LogP contribution in [-0.2, 0) is 12.8 Å². The third-order valence-electron chi connectivity index (χ3n) is 7.37. The monoisotopic (exact) mass is 438 g/mol. The van der Waals surface area contributed by atoms with E-state index in [9.17, 15) is 9.90 Å². The van der Waals surface area contributed by atoms with E-state index in [1.807, 2.05) is 6.07 Å². The zero-order valence-corrected chi connectivity index (χ0v) is 18.7. The molecule has 2 aromatic heterocycles. The molecule has 1 saturated heterocycles. The van der Waals surface area contributed by atoms with E-state index in [-0.39, 0.29) is 17.6 Å². The van der Waals surface area contributed by atoms with Crippen LogP contribution in [0.25, 0.3) is 0 Å². The van der Waals surface area contributed by atoms with E-state index in [2.05, 4.69) is 20.2 Å². The average molecular weight is 439 g/mol. The van der Waals surface area contributed by atoms with Gasteiger partial charge in [0.2, 0.25) is 0 Å². The summed E-state index contributed by atoms with van der Waals surface area (Å²) in [6, 6.07) is 3.53. The predicted molar refractivity (Wildman–Crippen MR) is 124 cm³/mol. The van der Waals surface area contributed by atoms with E-state index in [1.54, 1.807) is 17.1 Å². The van der Waals surface area contributed by atoms with Gasteiger partial charge < -0.3 is 15.3 Å². The molecule has 2 fully saturated rings. The molecule has 172 valence electrons. The van der Waals surface area contributed by atoms with Crippen molar-refractivity contribution < 1.29 is 5.11 Å². The molecule has 8 heteroatoms. The molecule has 3 atom stereocenters. The Morgan fingerprint density at radius 3 is 2.75 bits per heavy atom. The van der Waals surface area contributed by atoms with Crippen LogP contribution in [-0.4, -0.2) is 50.1 Å². The number of fused-ring (bicyclic) bond motifs is 1. The average Bonchev–Trinajstić information content (AvgIpc) is 2.84. The summed E-state index contributed by atoms with van der Waals surface area (Å²) >= 11 is 0. The number of piperidine rings is 1. The quantitative estimate of drug-likeness (QED) is 0.741. The van der Waals surface area contributed by atoms with Crippen molar-refractivity contribution >= 4 is 11.6 Å². The lowest BCUT2D eigenvalue weighted by Gasteiger charge is -2.37. The van der Waals surface area contributed by atoms with Crippen LogP contribution in [0.15, 0.2) is 23.3 Å². The Hall–Kier alpha value is -2.48. The number of aliphatic hydroxyl groups excluding tert-OH is 1. The Morgan fingerprint density at radius 1 is 1.00 bits per heavy atom. The second-order valence-electron chi connectivity index (χ2n) is 9.47. The van der Waals surface area contributed by atoms with Gasteiger partial charge in [-0.15, -0.1) is 0 Å². The summed E-state index contributed by atoms with van der Waals surface area (Å²) < 4.78 is 1.54. The van der Waals surface area contributed by atoms with Crippen LogP contribution in [0.1, 0.15) is 75.1 Å². The standard InChI is InChI=1S/C24H34N6O2/c31-21-11-4-3-10-20(21)30-23(32)13-12-22(28-30)29-14-6-5-7-17(29)15-25-24-18-8-1-2-9-19(18)26-16-27-24/h12-13,16-17,20-21,31H,1-11,14-15H2,(H,25,26,27). The van der Waals surface area contributed by atoms with Gasteiger partial charge in [0.1, 0.15) is 18.0 Å². The van der Waals surface area contributed by atoms with Crippen molar-refractivity contribution in [1.29, 1.82) is 0 Å². The highest BCUT2D eigenvalue weighted by molar-refractivity contribution is 5.48. The highest BCUT2D eigenvalue weighted by Gasteiger charge is 2.29. The van der Waals surface area contributed by atoms with Crippen molar-refractivity contribution in [2.45, 2.75) is 88.8 Å². The van der Waals surface area contributed by atoms with Crippen LogP contribution in [0.4, 0.5) is 11.6 Å². The summed E-state index contributed by atoms with van der Waals surface area (Å²) in [6.45, 7) is 1.71. The van der Waals surface area contributed by atoms with Crippen LogP contribution in [0.3, 0.4) is 0 Å². The lowest BCUT2D eigenvalue weighted by molar-refractivity contribution is 0.0669. The fourth-order valence-corrected chi connectivity index (χ4v) is 5.59. The van der Waals surface area contributed by atoms with Crippen molar-refractivity contribution in [2.75, 3.05) is 23.3 Å². The minimum Gasteiger partial charge on any atom is -0.391 e. The van der Waals surface area contributed by atoms with Crippen LogP contribution in [0.2, 0.25) is 0 Å². The van der Waals surface area contributed by atoms with E-state index in [1.165, 1.54) is 30.5 Å². The molecule has 1 saturated carbocycles. The molecular weight excluding hydrogens is 404 g/mol. The molecule has 5 rings (SSSR count). The summed E-state index contributed by atoms with van der Waals surface area (Å²) in [5, 5.41) is 18.8. The van der Waals surface area contributed by atoms with Crippen LogP contribution in [0.5, 0.6) is 0 Å². The van der Waals surface area contributed by atoms with Crippen molar-refractivity contribution in [1.82, 2.24) is 19.7 Å². The van der Waals surface area contributed by atoms with Crippen LogP contribution >= 0.6 is 0 Å². The topological polar surface area (TPSA) is 96.2 Å². The van der Waals surface area contributed by atoms with Gasteiger partial charge in [0.05, 0.1) is 12.1 Å². The van der Waals surface area contributed by atoms with E-state index >= 15 is 0 Å². The van der Waals surface area contributed by atoms with Crippen molar-refractivity contribution in [3.8, 4) is 0 Å². The van der Waals surface area contributed by atoms with E-state index in [4.69, 9.17) is 5.10 Å². The molecule has 2 aromatic rings. The molecule has 32 heavy (non-hydrogen) atoms. The maximum Gasteiger partial charge on any atom is 0.267 e. The lowest BCUT2D eigenvalue weighted by Crippen LogP contribution is -2.45. The normalized spacial score (nSPS) is 25.9. The Kier molecular flexibility index (Phi) is 6.39. The summed E-state index contributed by atoms with van der Waals surface area (Å²) in [6.07, 6.45) is 12.6. The number of hydrogen-bond donors (Lipinski definition) is 2. The second kappa shape index (κ2) is 9.57. The van der Waals surface area contributed by atoms with Gasteiger partial charge in [-0.3, -0.25) is 4.79 Å². The number of nitrogens with one attached hydrogen (secondary N) is 1. The first-order valence-electron chi connectivity index (χ1n) is 12.3. The van der Waals surface area contributed by atoms with Gasteiger partial charge in [-0.1, -0.05) is 12.8 Å². The van der Waals surface area contributed by atoms with Crippen molar-refractivity contribution in [3.63, 3.8) is 0 Å². The Morgan fingerprint density at radius 2 is 1.84 bits per heavy atom. The number of hydrogen-bond acceptors (Lipinski definition) is 7. The maximum atomic E-state index is 12.6. The first kappa shape index (κ1) is 21.4. The summed E-state index contributed by atoms with van der Waals surface area (Å²) in [7, 11) is 0. The van der Waals surface area contributed by atoms with Gasteiger partial charge in [-0.25, -0.2) is 14.6 Å². The molecule has 3 unspecified atom stereocenters. The minimum absolute atomic E-state index is 0.126. The van der Waals surface area contributed by atoms with Gasteiger partial charge in [0, 0.05) is 36.5 Å². The zero-order valence-electron chi connectivity index (χ0n) is 18.7. The highest BCUT2D eigenvalue weighted by Crippen LogP contribution is 2.29. The molecular formula is C24H34N6O2. The van der Waals surface area contributed by atoms with Crippen LogP contribution < -0.4 is 15.8 Å². The van der Waals surface area contributed by atoms with Crippen molar-refractivity contribution in [2.24, 2.45) is 0 Å². The predicted octanol–water partition coefficient (Wildman–Crippen LogP) is 2.86. The molecule has 3 aliphatic rings. The van der Waals surface area contributed by atoms with Gasteiger partial charge in [-0.2, -0.15) is 5.10 Å². The second-order valence-corrected chi connectivity index (χ2v) is 9.47. The third-order valence-corrected chi connectivity index (χ3v) is 7.37. The zero-order chi connectivity index (χ0) is 21.9. The fourth-order valence-electron chi connectivity index (χ4n) is 5.59. The molecule has 2 aliphatic carbocycles. The summed E-state index contributed by atoms with van der Waals surface area (Å²) in [4.78, 5) is 23.9. The Bertz CT molecular complexity index is 993. The van der Waals surface area contributed by atoms with E-state index < -0.39 is 6.10 Å².